The second kappa shape index (κ2) is 7.52. The maximum absolute atomic E-state index is 13.0. The number of imide groups is 1. The van der Waals surface area contributed by atoms with E-state index in [1.165, 1.54) is 4.90 Å². The Morgan fingerprint density at radius 2 is 2.16 bits per heavy atom. The predicted octanol–water partition coefficient (Wildman–Crippen LogP) is -1.16. The summed E-state index contributed by atoms with van der Waals surface area (Å²) < 4.78 is 7.05. The summed E-state index contributed by atoms with van der Waals surface area (Å²) in [5, 5.41) is 23.8. The number of benzene rings is 1. The minimum absolute atomic E-state index is 0.185. The highest BCUT2D eigenvalue weighted by Crippen LogP contribution is 2.29. The lowest BCUT2D eigenvalue weighted by Crippen LogP contribution is -2.54. The molecule has 0 spiro atoms. The lowest BCUT2D eigenvalue weighted by atomic mass is 9.97. The van der Waals surface area contributed by atoms with Gasteiger partial charge in [0.25, 0.3) is 5.91 Å². The molecule has 1 aromatic carbocycles. The molecule has 2 aromatic rings. The third-order valence-electron chi connectivity index (χ3n) is 6.09. The summed E-state index contributed by atoms with van der Waals surface area (Å²) in [6.45, 7) is 1.57. The van der Waals surface area contributed by atoms with Crippen LogP contribution in [-0.4, -0.2) is 75.1 Å². The molecule has 5 rings (SSSR count). The molecule has 0 aliphatic carbocycles. The second-order valence-corrected chi connectivity index (χ2v) is 8.01. The summed E-state index contributed by atoms with van der Waals surface area (Å²) in [4.78, 5) is 38.1. The smallest absolute Gasteiger partial charge is 0.255 e. The average molecular weight is 426 g/mol. The molecule has 11 heteroatoms. The highest BCUT2D eigenvalue weighted by atomic mass is 16.5. The van der Waals surface area contributed by atoms with E-state index in [9.17, 15) is 19.5 Å². The number of hydrogen-bond donors (Lipinski definition) is 3. The lowest BCUT2D eigenvalue weighted by molar-refractivity contribution is -0.136. The number of aromatic nitrogens is 3. The van der Waals surface area contributed by atoms with Gasteiger partial charge in [0.15, 0.2) is 0 Å². The first-order valence-corrected chi connectivity index (χ1v) is 10.2. The maximum Gasteiger partial charge on any atom is 0.255 e. The molecule has 0 bridgehead atoms. The van der Waals surface area contributed by atoms with Crippen molar-refractivity contribution in [3.8, 4) is 5.69 Å². The maximum atomic E-state index is 13.0. The van der Waals surface area contributed by atoms with Crippen molar-refractivity contribution in [1.29, 1.82) is 0 Å². The molecule has 2 unspecified atom stereocenters. The van der Waals surface area contributed by atoms with Gasteiger partial charge in [-0.3, -0.25) is 25.0 Å². The van der Waals surface area contributed by atoms with Crippen LogP contribution in [0, 0.1) is 0 Å². The summed E-state index contributed by atoms with van der Waals surface area (Å²) in [5.41, 5.74) is 1.68. The molecule has 3 aliphatic rings. The molecule has 0 radical (unpaired) electrons. The molecule has 0 saturated carbocycles. The molecule has 3 aliphatic heterocycles. The minimum atomic E-state index is -0.814. The van der Waals surface area contributed by atoms with E-state index in [1.807, 2.05) is 12.1 Å². The van der Waals surface area contributed by atoms with Crippen LogP contribution in [0.3, 0.4) is 0 Å². The van der Waals surface area contributed by atoms with Crippen molar-refractivity contribution in [2.75, 3.05) is 26.4 Å². The highest BCUT2D eigenvalue weighted by Gasteiger charge is 2.40. The van der Waals surface area contributed by atoms with Gasteiger partial charge in [-0.1, -0.05) is 11.3 Å². The third kappa shape index (κ3) is 3.30. The SMILES string of the molecule is O=C1CCC(N2Cc3ccc(-n4cc(C5(CO)COCCN5)nn4)cc3C2=O)C(=O)N1. The third-order valence-corrected chi connectivity index (χ3v) is 6.09. The normalized spacial score (nSPS) is 26.2. The van der Waals surface area contributed by atoms with Gasteiger partial charge in [0.05, 0.1) is 31.7 Å². The molecule has 1 aromatic heterocycles. The quantitative estimate of drug-likeness (QED) is 0.520. The number of carbonyl (C=O) groups excluding carboxylic acids is 3. The van der Waals surface area contributed by atoms with Crippen LogP contribution >= 0.6 is 0 Å². The molecule has 162 valence electrons. The topological polar surface area (TPSA) is 139 Å². The van der Waals surface area contributed by atoms with Crippen molar-refractivity contribution >= 4 is 17.7 Å². The Labute approximate surface area is 177 Å². The zero-order valence-corrected chi connectivity index (χ0v) is 16.7. The zero-order chi connectivity index (χ0) is 21.6. The Hall–Kier alpha value is -3.15. The number of piperidine rings is 1. The first-order valence-electron chi connectivity index (χ1n) is 10.2. The van der Waals surface area contributed by atoms with Crippen LogP contribution in [0.4, 0.5) is 0 Å². The number of ether oxygens (including phenoxy) is 1. The number of fused-ring (bicyclic) bond motifs is 1. The Balaban J connectivity index is 1.40. The molecule has 2 fully saturated rings. The molecule has 3 N–H and O–H groups in total. The number of morpholine rings is 1. The lowest BCUT2D eigenvalue weighted by Gasteiger charge is -2.34. The van der Waals surface area contributed by atoms with Gasteiger partial charge in [-0.25, -0.2) is 4.68 Å². The number of aliphatic hydroxyl groups excluding tert-OH is 1. The fourth-order valence-electron chi connectivity index (χ4n) is 4.30. The van der Waals surface area contributed by atoms with Crippen LogP contribution in [0.25, 0.3) is 5.69 Å². The van der Waals surface area contributed by atoms with Crippen LogP contribution in [0.5, 0.6) is 0 Å². The van der Waals surface area contributed by atoms with Gasteiger partial charge in [-0.2, -0.15) is 0 Å². The fraction of sp³-hybridized carbons (Fsp3) is 0.450. The van der Waals surface area contributed by atoms with Crippen molar-refractivity contribution in [2.45, 2.75) is 31.0 Å². The standard InChI is InChI=1S/C20H22N6O5/c27-10-20(11-31-6-5-21-20)16-9-26(24-23-16)13-2-1-12-8-25(19(30)14(12)7-13)15-3-4-17(28)22-18(15)29/h1-2,7,9,15,21,27H,3-6,8,10-11H2,(H,22,28,29). The van der Waals surface area contributed by atoms with Crippen molar-refractivity contribution in [1.82, 2.24) is 30.5 Å². The zero-order valence-electron chi connectivity index (χ0n) is 16.7. The Kier molecular flexibility index (Phi) is 4.80. The van der Waals surface area contributed by atoms with Crippen LogP contribution in [0.15, 0.2) is 24.4 Å². The molecule has 3 amide bonds. The van der Waals surface area contributed by atoms with Crippen LogP contribution < -0.4 is 10.6 Å². The van der Waals surface area contributed by atoms with E-state index in [0.29, 0.717) is 43.1 Å². The van der Waals surface area contributed by atoms with Crippen molar-refractivity contribution in [2.24, 2.45) is 0 Å². The first-order chi connectivity index (χ1) is 15.0. The minimum Gasteiger partial charge on any atom is -0.394 e. The molecule has 11 nitrogen and oxygen atoms in total. The van der Waals surface area contributed by atoms with E-state index in [1.54, 1.807) is 16.9 Å². The Morgan fingerprint density at radius 1 is 1.29 bits per heavy atom. The molecule has 2 saturated heterocycles. The number of carbonyl (C=O) groups is 3. The van der Waals surface area contributed by atoms with Gasteiger partial charge in [-0.05, 0) is 24.1 Å². The van der Waals surface area contributed by atoms with Gasteiger partial charge in [0, 0.05) is 25.1 Å². The molecular weight excluding hydrogens is 404 g/mol. The summed E-state index contributed by atoms with van der Waals surface area (Å²) >= 11 is 0. The van der Waals surface area contributed by atoms with E-state index in [2.05, 4.69) is 20.9 Å². The molecule has 4 heterocycles. The second-order valence-electron chi connectivity index (χ2n) is 8.01. The van der Waals surface area contributed by atoms with Crippen LogP contribution in [0.2, 0.25) is 0 Å². The molecular formula is C20H22N6O5. The monoisotopic (exact) mass is 426 g/mol. The van der Waals surface area contributed by atoms with Crippen molar-refractivity contribution in [3.63, 3.8) is 0 Å². The van der Waals surface area contributed by atoms with Gasteiger partial charge in [0.2, 0.25) is 11.8 Å². The first kappa shape index (κ1) is 19.8. The van der Waals surface area contributed by atoms with Crippen molar-refractivity contribution < 1.29 is 24.2 Å². The molecule has 2 atom stereocenters. The predicted molar refractivity (Wildman–Crippen MR) is 105 cm³/mol. The van der Waals surface area contributed by atoms with E-state index in [0.717, 1.165) is 5.56 Å². The van der Waals surface area contributed by atoms with Gasteiger partial charge in [-0.15, -0.1) is 5.10 Å². The summed E-state index contributed by atoms with van der Waals surface area (Å²) in [6, 6.07) is 4.73. The number of amides is 3. The number of nitrogens with one attached hydrogen (secondary N) is 2. The number of aliphatic hydroxyl groups is 1. The van der Waals surface area contributed by atoms with E-state index < -0.39 is 17.5 Å². The Morgan fingerprint density at radius 3 is 2.90 bits per heavy atom. The van der Waals surface area contributed by atoms with E-state index in [-0.39, 0.29) is 31.4 Å². The average Bonchev–Trinajstić information content (AvgIpc) is 3.40. The number of hydrogen-bond acceptors (Lipinski definition) is 8. The summed E-state index contributed by atoms with van der Waals surface area (Å²) in [5.74, 6) is -0.996. The van der Waals surface area contributed by atoms with Gasteiger partial charge < -0.3 is 14.7 Å². The molecule has 31 heavy (non-hydrogen) atoms. The van der Waals surface area contributed by atoms with Crippen LogP contribution in [0.1, 0.15) is 34.5 Å². The largest absolute Gasteiger partial charge is 0.394 e. The fourth-order valence-corrected chi connectivity index (χ4v) is 4.30. The summed E-state index contributed by atoms with van der Waals surface area (Å²) in [6.07, 6.45) is 2.24. The van der Waals surface area contributed by atoms with Crippen molar-refractivity contribution in [3.05, 3.63) is 41.2 Å². The van der Waals surface area contributed by atoms with Crippen LogP contribution in [-0.2, 0) is 26.4 Å². The van der Waals surface area contributed by atoms with Gasteiger partial charge >= 0.3 is 0 Å². The number of nitrogens with zero attached hydrogens (tertiary/aromatic N) is 4. The Bertz CT molecular complexity index is 1060. The van der Waals surface area contributed by atoms with Gasteiger partial charge in [0.1, 0.15) is 17.3 Å². The van der Waals surface area contributed by atoms with E-state index >= 15 is 0 Å². The highest BCUT2D eigenvalue weighted by molar-refractivity contribution is 6.05. The summed E-state index contributed by atoms with van der Waals surface area (Å²) in [7, 11) is 0. The number of rotatable bonds is 4. The van der Waals surface area contributed by atoms with E-state index in [4.69, 9.17) is 4.74 Å².